The van der Waals surface area contributed by atoms with Crippen LogP contribution in [0, 0.1) is 10.1 Å². The van der Waals surface area contributed by atoms with E-state index in [0.717, 1.165) is 6.07 Å². The first-order valence-corrected chi connectivity index (χ1v) is 6.66. The SMILES string of the molecule is Nc1cc(Br)cc2c1C(=O)c1ccc([N+](=O)[O-])cc1C2=O. The minimum Gasteiger partial charge on any atom is -0.398 e. The molecule has 6 nitrogen and oxygen atoms in total. The summed E-state index contributed by atoms with van der Waals surface area (Å²) in [6.07, 6.45) is 0. The average Bonchev–Trinajstić information content (AvgIpc) is 2.43. The molecule has 0 unspecified atom stereocenters. The van der Waals surface area contributed by atoms with Gasteiger partial charge in [0, 0.05) is 39.0 Å². The number of anilines is 1. The number of carbonyl (C=O) groups is 2. The normalized spacial score (nSPS) is 12.8. The molecule has 0 spiro atoms. The summed E-state index contributed by atoms with van der Waals surface area (Å²) >= 11 is 3.21. The number of nitrogens with zero attached hydrogens (tertiary/aromatic N) is 1. The van der Waals surface area contributed by atoms with Crippen LogP contribution in [0.2, 0.25) is 0 Å². The second-order valence-corrected chi connectivity index (χ2v) is 5.48. The number of benzene rings is 2. The van der Waals surface area contributed by atoms with E-state index < -0.39 is 16.5 Å². The molecule has 1 aliphatic rings. The lowest BCUT2D eigenvalue weighted by Crippen LogP contribution is -2.22. The van der Waals surface area contributed by atoms with Crippen molar-refractivity contribution in [1.82, 2.24) is 0 Å². The molecule has 2 aromatic carbocycles. The number of non-ortho nitro benzene ring substituents is 1. The highest BCUT2D eigenvalue weighted by Gasteiger charge is 2.32. The van der Waals surface area contributed by atoms with Crippen LogP contribution in [-0.2, 0) is 0 Å². The number of hydrogen-bond acceptors (Lipinski definition) is 5. The molecule has 0 radical (unpaired) electrons. The zero-order valence-electron chi connectivity index (χ0n) is 10.4. The Kier molecular flexibility index (Phi) is 2.87. The van der Waals surface area contributed by atoms with Crippen molar-refractivity contribution < 1.29 is 14.5 Å². The molecule has 3 rings (SSSR count). The van der Waals surface area contributed by atoms with Gasteiger partial charge in [-0.25, -0.2) is 0 Å². The number of halogens is 1. The van der Waals surface area contributed by atoms with Crippen LogP contribution >= 0.6 is 15.9 Å². The first kappa shape index (κ1) is 13.4. The summed E-state index contributed by atoms with van der Waals surface area (Å²) < 4.78 is 0.564. The third kappa shape index (κ3) is 1.93. The molecule has 0 amide bonds. The van der Waals surface area contributed by atoms with E-state index in [1.165, 1.54) is 18.2 Å². The van der Waals surface area contributed by atoms with Crippen LogP contribution in [0.4, 0.5) is 11.4 Å². The molecular formula is C14H7BrN2O4. The molecule has 0 heterocycles. The summed E-state index contributed by atoms with van der Waals surface area (Å²) in [7, 11) is 0. The zero-order chi connectivity index (χ0) is 15.3. The third-order valence-corrected chi connectivity index (χ3v) is 3.77. The van der Waals surface area contributed by atoms with Crippen molar-refractivity contribution in [2.75, 3.05) is 5.73 Å². The van der Waals surface area contributed by atoms with Gasteiger partial charge in [0.1, 0.15) is 0 Å². The van der Waals surface area contributed by atoms with Crippen LogP contribution in [0.15, 0.2) is 34.8 Å². The summed E-state index contributed by atoms with van der Waals surface area (Å²) in [6, 6.07) is 6.64. The van der Waals surface area contributed by atoms with E-state index in [2.05, 4.69) is 15.9 Å². The molecule has 0 bridgehead atoms. The second kappa shape index (κ2) is 4.49. The highest BCUT2D eigenvalue weighted by Crippen LogP contribution is 2.34. The second-order valence-electron chi connectivity index (χ2n) is 4.56. The smallest absolute Gasteiger partial charge is 0.270 e. The summed E-state index contributed by atoms with van der Waals surface area (Å²) in [5.74, 6) is -0.851. The first-order chi connectivity index (χ1) is 9.90. The lowest BCUT2D eigenvalue weighted by atomic mass is 9.83. The van der Waals surface area contributed by atoms with Gasteiger partial charge < -0.3 is 5.73 Å². The predicted molar refractivity (Wildman–Crippen MR) is 78.5 cm³/mol. The highest BCUT2D eigenvalue weighted by atomic mass is 79.9. The predicted octanol–water partition coefficient (Wildman–Crippen LogP) is 2.71. The molecule has 0 saturated heterocycles. The average molecular weight is 347 g/mol. The Balaban J connectivity index is 2.30. The molecule has 0 fully saturated rings. The standard InChI is InChI=1S/C14H7BrN2O4/c15-6-3-10-12(11(16)4-6)14(19)8-2-1-7(17(20)21)5-9(8)13(10)18/h1-5H,16H2. The zero-order valence-corrected chi connectivity index (χ0v) is 12.0. The van der Waals surface area contributed by atoms with Gasteiger partial charge in [0.25, 0.3) is 5.69 Å². The fraction of sp³-hybridized carbons (Fsp3) is 0. The summed E-state index contributed by atoms with van der Waals surface area (Å²) in [5, 5.41) is 10.8. The Morgan fingerprint density at radius 1 is 1.00 bits per heavy atom. The van der Waals surface area contributed by atoms with Crippen molar-refractivity contribution in [3.63, 3.8) is 0 Å². The Bertz CT molecular complexity index is 845. The minimum absolute atomic E-state index is 0.0270. The van der Waals surface area contributed by atoms with Gasteiger partial charge in [0.05, 0.1) is 10.5 Å². The van der Waals surface area contributed by atoms with Crippen molar-refractivity contribution in [2.24, 2.45) is 0 Å². The molecule has 2 N–H and O–H groups in total. The molecule has 0 aromatic heterocycles. The van der Waals surface area contributed by atoms with E-state index in [1.54, 1.807) is 6.07 Å². The largest absolute Gasteiger partial charge is 0.398 e. The van der Waals surface area contributed by atoms with E-state index >= 15 is 0 Å². The number of nitrogens with two attached hydrogens (primary N) is 1. The Morgan fingerprint density at radius 3 is 2.38 bits per heavy atom. The number of ketones is 2. The topological polar surface area (TPSA) is 103 Å². The van der Waals surface area contributed by atoms with Crippen LogP contribution in [0.25, 0.3) is 0 Å². The minimum atomic E-state index is -0.608. The fourth-order valence-corrected chi connectivity index (χ4v) is 2.85. The summed E-state index contributed by atoms with van der Waals surface area (Å²) in [5.41, 5.74) is 6.23. The van der Waals surface area contributed by atoms with Crippen LogP contribution in [0.5, 0.6) is 0 Å². The monoisotopic (exact) mass is 346 g/mol. The van der Waals surface area contributed by atoms with Crippen LogP contribution in [0.1, 0.15) is 31.8 Å². The van der Waals surface area contributed by atoms with Gasteiger partial charge in [-0.05, 0) is 18.2 Å². The summed E-state index contributed by atoms with van der Waals surface area (Å²) in [6.45, 7) is 0. The molecule has 7 heteroatoms. The maximum absolute atomic E-state index is 12.5. The van der Waals surface area contributed by atoms with Crippen molar-refractivity contribution in [3.8, 4) is 0 Å². The Labute approximate surface area is 126 Å². The number of rotatable bonds is 1. The molecule has 21 heavy (non-hydrogen) atoms. The van der Waals surface area contributed by atoms with E-state index in [-0.39, 0.29) is 33.6 Å². The highest BCUT2D eigenvalue weighted by molar-refractivity contribution is 9.10. The van der Waals surface area contributed by atoms with E-state index in [1.807, 2.05) is 0 Å². The van der Waals surface area contributed by atoms with Crippen molar-refractivity contribution in [1.29, 1.82) is 0 Å². The number of fused-ring (bicyclic) bond motifs is 2. The Morgan fingerprint density at radius 2 is 1.71 bits per heavy atom. The molecule has 0 aliphatic heterocycles. The fourth-order valence-electron chi connectivity index (χ4n) is 2.37. The number of nitrogen functional groups attached to an aromatic ring is 1. The maximum atomic E-state index is 12.5. The van der Waals surface area contributed by atoms with Crippen molar-refractivity contribution in [3.05, 3.63) is 67.2 Å². The quantitative estimate of drug-likeness (QED) is 0.414. The molecule has 1 aliphatic carbocycles. The van der Waals surface area contributed by atoms with Gasteiger partial charge in [-0.15, -0.1) is 0 Å². The van der Waals surface area contributed by atoms with Gasteiger partial charge in [-0.2, -0.15) is 0 Å². The van der Waals surface area contributed by atoms with Gasteiger partial charge in [0.15, 0.2) is 11.6 Å². The lowest BCUT2D eigenvalue weighted by molar-refractivity contribution is -0.384. The molecule has 0 atom stereocenters. The van der Waals surface area contributed by atoms with Crippen molar-refractivity contribution >= 4 is 38.9 Å². The number of nitro benzene ring substituents is 1. The molecule has 0 saturated carbocycles. The van der Waals surface area contributed by atoms with Gasteiger partial charge in [0.2, 0.25) is 0 Å². The summed E-state index contributed by atoms with van der Waals surface area (Å²) in [4.78, 5) is 35.1. The van der Waals surface area contributed by atoms with Crippen LogP contribution in [-0.4, -0.2) is 16.5 Å². The van der Waals surface area contributed by atoms with Crippen molar-refractivity contribution in [2.45, 2.75) is 0 Å². The molecule has 2 aromatic rings. The van der Waals surface area contributed by atoms with Gasteiger partial charge in [-0.3, -0.25) is 19.7 Å². The van der Waals surface area contributed by atoms with Gasteiger partial charge >= 0.3 is 0 Å². The van der Waals surface area contributed by atoms with E-state index in [9.17, 15) is 19.7 Å². The third-order valence-electron chi connectivity index (χ3n) is 3.31. The van der Waals surface area contributed by atoms with E-state index in [4.69, 9.17) is 5.73 Å². The number of carbonyl (C=O) groups excluding carboxylic acids is 2. The van der Waals surface area contributed by atoms with Crippen LogP contribution in [0.3, 0.4) is 0 Å². The van der Waals surface area contributed by atoms with Gasteiger partial charge in [-0.1, -0.05) is 15.9 Å². The molecular weight excluding hydrogens is 340 g/mol. The number of hydrogen-bond donors (Lipinski definition) is 1. The lowest BCUT2D eigenvalue weighted by Gasteiger charge is -2.19. The number of nitro groups is 1. The van der Waals surface area contributed by atoms with Crippen LogP contribution < -0.4 is 5.73 Å². The van der Waals surface area contributed by atoms with E-state index in [0.29, 0.717) is 4.47 Å². The maximum Gasteiger partial charge on any atom is 0.270 e. The Hall–Kier alpha value is -2.54. The molecule has 104 valence electrons. The first-order valence-electron chi connectivity index (χ1n) is 5.87.